The first kappa shape index (κ1) is 16.0. The van der Waals surface area contributed by atoms with E-state index in [0.29, 0.717) is 11.6 Å². The van der Waals surface area contributed by atoms with Crippen LogP contribution in [-0.2, 0) is 0 Å². The van der Waals surface area contributed by atoms with E-state index >= 15 is 0 Å². The fraction of sp³-hybridized carbons (Fsp3) is 0.294. The van der Waals surface area contributed by atoms with E-state index in [2.05, 4.69) is 10.3 Å². The van der Waals surface area contributed by atoms with Crippen molar-refractivity contribution in [2.75, 3.05) is 13.1 Å². The van der Waals surface area contributed by atoms with Gasteiger partial charge in [0.25, 0.3) is 0 Å². The van der Waals surface area contributed by atoms with E-state index < -0.39 is 23.0 Å². The lowest BCUT2D eigenvalue weighted by Crippen LogP contribution is -2.26. The zero-order chi connectivity index (χ0) is 16.2. The van der Waals surface area contributed by atoms with Crippen molar-refractivity contribution in [1.29, 1.82) is 0 Å². The Labute approximate surface area is 137 Å². The summed E-state index contributed by atoms with van der Waals surface area (Å²) < 4.78 is 27.1. The molecule has 3 rings (SSSR count). The number of rotatable bonds is 4. The van der Waals surface area contributed by atoms with E-state index in [1.165, 1.54) is 18.2 Å². The Morgan fingerprint density at radius 3 is 2.65 bits per heavy atom. The van der Waals surface area contributed by atoms with Gasteiger partial charge in [0.1, 0.15) is 11.6 Å². The average molecular weight is 334 g/mol. The van der Waals surface area contributed by atoms with Crippen molar-refractivity contribution in [3.8, 4) is 0 Å². The molecular formula is C17H16F2N2OS. The van der Waals surface area contributed by atoms with Crippen LogP contribution in [-0.4, -0.2) is 23.9 Å². The fourth-order valence-electron chi connectivity index (χ4n) is 2.61. The van der Waals surface area contributed by atoms with Crippen molar-refractivity contribution in [3.63, 3.8) is 0 Å². The van der Waals surface area contributed by atoms with Crippen LogP contribution in [0.4, 0.5) is 8.78 Å². The van der Waals surface area contributed by atoms with E-state index in [1.54, 1.807) is 11.3 Å². The summed E-state index contributed by atoms with van der Waals surface area (Å²) in [6, 6.07) is 3.38. The largest absolute Gasteiger partial charge is 0.317 e. The number of piperidine rings is 1. The molecule has 6 heteroatoms. The Morgan fingerprint density at radius 2 is 1.96 bits per heavy atom. The molecule has 0 aliphatic carbocycles. The van der Waals surface area contributed by atoms with E-state index in [0.717, 1.165) is 43.1 Å². The number of nitrogens with one attached hydrogen (secondary N) is 1. The second-order valence-corrected chi connectivity index (χ2v) is 6.32. The van der Waals surface area contributed by atoms with E-state index in [-0.39, 0.29) is 0 Å². The van der Waals surface area contributed by atoms with Crippen LogP contribution < -0.4 is 5.32 Å². The fourth-order valence-corrected chi connectivity index (χ4v) is 3.57. The van der Waals surface area contributed by atoms with Gasteiger partial charge >= 0.3 is 0 Å². The van der Waals surface area contributed by atoms with Crippen molar-refractivity contribution in [3.05, 3.63) is 57.6 Å². The molecule has 2 aromatic rings. The zero-order valence-corrected chi connectivity index (χ0v) is 13.2. The van der Waals surface area contributed by atoms with Gasteiger partial charge in [0.05, 0.1) is 16.3 Å². The molecule has 1 aromatic heterocycles. The van der Waals surface area contributed by atoms with Gasteiger partial charge in [-0.2, -0.15) is 0 Å². The van der Waals surface area contributed by atoms with Crippen LogP contribution in [0, 0.1) is 11.6 Å². The van der Waals surface area contributed by atoms with Crippen molar-refractivity contribution < 1.29 is 13.6 Å². The molecule has 1 saturated heterocycles. The number of hydrogen-bond donors (Lipinski definition) is 1. The number of thiazole rings is 1. The maximum Gasteiger partial charge on any atom is 0.191 e. The van der Waals surface area contributed by atoms with Gasteiger partial charge in [-0.3, -0.25) is 4.79 Å². The highest BCUT2D eigenvalue weighted by molar-refractivity contribution is 7.09. The van der Waals surface area contributed by atoms with Crippen molar-refractivity contribution in [2.45, 2.75) is 18.8 Å². The second kappa shape index (κ2) is 7.10. The molecule has 1 aliphatic rings. The van der Waals surface area contributed by atoms with Crippen LogP contribution >= 0.6 is 11.3 Å². The summed E-state index contributed by atoms with van der Waals surface area (Å²) in [6.45, 7) is 1.97. The summed E-state index contributed by atoms with van der Waals surface area (Å²) in [4.78, 5) is 16.5. The summed E-state index contributed by atoms with van der Waals surface area (Å²) in [5.74, 6) is -1.96. The molecule has 0 spiro atoms. The molecule has 0 bridgehead atoms. The van der Waals surface area contributed by atoms with Crippen LogP contribution in [0.15, 0.2) is 29.7 Å². The molecule has 0 amide bonds. The second-order valence-electron chi connectivity index (χ2n) is 5.43. The smallest absolute Gasteiger partial charge is 0.191 e. The van der Waals surface area contributed by atoms with Gasteiger partial charge in [0.15, 0.2) is 5.78 Å². The minimum absolute atomic E-state index is 0.447. The first-order chi connectivity index (χ1) is 11.1. The minimum atomic E-state index is -0.853. The number of carbonyl (C=O) groups is 1. The lowest BCUT2D eigenvalue weighted by molar-refractivity contribution is 0.104. The number of hydrogen-bond acceptors (Lipinski definition) is 4. The number of nitrogens with zero attached hydrogens (tertiary/aromatic N) is 1. The third-order valence-corrected chi connectivity index (χ3v) is 4.87. The van der Waals surface area contributed by atoms with Crippen molar-refractivity contribution in [2.24, 2.45) is 0 Å². The quantitative estimate of drug-likeness (QED) is 0.683. The zero-order valence-electron chi connectivity index (χ0n) is 12.4. The normalized spacial score (nSPS) is 16.1. The molecule has 0 saturated carbocycles. The van der Waals surface area contributed by atoms with Gasteiger partial charge in [-0.1, -0.05) is 6.07 Å². The highest BCUT2D eigenvalue weighted by Crippen LogP contribution is 2.28. The molecule has 1 N–H and O–H groups in total. The SMILES string of the molecule is O=C(C=Cc1csc(C2CCNCC2)n1)c1c(F)cccc1F. The van der Waals surface area contributed by atoms with E-state index in [4.69, 9.17) is 0 Å². The molecule has 0 unspecified atom stereocenters. The van der Waals surface area contributed by atoms with Gasteiger partial charge in [-0.05, 0) is 50.2 Å². The Morgan fingerprint density at radius 1 is 1.26 bits per heavy atom. The van der Waals surface area contributed by atoms with Crippen LogP contribution in [0.1, 0.15) is 39.8 Å². The van der Waals surface area contributed by atoms with Crippen LogP contribution in [0.3, 0.4) is 0 Å². The molecule has 2 heterocycles. The minimum Gasteiger partial charge on any atom is -0.317 e. The maximum atomic E-state index is 13.6. The average Bonchev–Trinajstić information content (AvgIpc) is 3.02. The number of carbonyl (C=O) groups excluding carboxylic acids is 1. The summed E-state index contributed by atoms with van der Waals surface area (Å²) in [5, 5.41) is 6.22. The van der Waals surface area contributed by atoms with Gasteiger partial charge in [-0.15, -0.1) is 11.3 Å². The Balaban J connectivity index is 1.73. The van der Waals surface area contributed by atoms with Gasteiger partial charge in [0, 0.05) is 11.3 Å². The molecular weight excluding hydrogens is 318 g/mol. The molecule has 1 aliphatic heterocycles. The van der Waals surface area contributed by atoms with Gasteiger partial charge in [-0.25, -0.2) is 13.8 Å². The lowest BCUT2D eigenvalue weighted by atomic mass is 9.99. The molecule has 1 fully saturated rings. The monoisotopic (exact) mass is 334 g/mol. The lowest BCUT2D eigenvalue weighted by Gasteiger charge is -2.20. The van der Waals surface area contributed by atoms with Gasteiger partial charge in [0.2, 0.25) is 0 Å². The standard InChI is InChI=1S/C17H16F2N2OS/c18-13-2-1-3-14(19)16(13)15(22)5-4-12-10-23-17(21-12)11-6-8-20-9-7-11/h1-5,10-11,20H,6-9H2. The Kier molecular flexibility index (Phi) is 4.93. The molecule has 120 valence electrons. The molecule has 23 heavy (non-hydrogen) atoms. The highest BCUT2D eigenvalue weighted by Gasteiger charge is 2.18. The third-order valence-electron chi connectivity index (χ3n) is 3.84. The number of aromatic nitrogens is 1. The number of allylic oxidation sites excluding steroid dienone is 1. The van der Waals surface area contributed by atoms with E-state index in [9.17, 15) is 13.6 Å². The molecule has 3 nitrogen and oxygen atoms in total. The van der Waals surface area contributed by atoms with Crippen LogP contribution in [0.25, 0.3) is 6.08 Å². The number of benzene rings is 1. The Hall–Kier alpha value is -1.92. The molecule has 1 aromatic carbocycles. The van der Waals surface area contributed by atoms with E-state index in [1.807, 2.05) is 5.38 Å². The highest BCUT2D eigenvalue weighted by atomic mass is 32.1. The predicted molar refractivity (Wildman–Crippen MR) is 86.7 cm³/mol. The molecule has 0 atom stereocenters. The van der Waals surface area contributed by atoms with Crippen LogP contribution in [0.2, 0.25) is 0 Å². The van der Waals surface area contributed by atoms with Gasteiger partial charge < -0.3 is 5.32 Å². The molecule has 0 radical (unpaired) electrons. The summed E-state index contributed by atoms with van der Waals surface area (Å²) in [6.07, 6.45) is 4.78. The van der Waals surface area contributed by atoms with Crippen LogP contribution in [0.5, 0.6) is 0 Å². The van der Waals surface area contributed by atoms with Crippen molar-refractivity contribution in [1.82, 2.24) is 10.3 Å². The summed E-state index contributed by atoms with van der Waals surface area (Å²) >= 11 is 1.56. The Bertz CT molecular complexity index is 716. The summed E-state index contributed by atoms with van der Waals surface area (Å²) in [7, 11) is 0. The first-order valence-electron chi connectivity index (χ1n) is 7.47. The number of ketones is 1. The topological polar surface area (TPSA) is 42.0 Å². The maximum absolute atomic E-state index is 13.6. The predicted octanol–water partition coefficient (Wildman–Crippen LogP) is 3.78. The number of halogens is 2. The summed E-state index contributed by atoms with van der Waals surface area (Å²) in [5.41, 5.74) is 0.117. The third kappa shape index (κ3) is 3.71. The van der Waals surface area contributed by atoms with Crippen molar-refractivity contribution >= 4 is 23.2 Å². The first-order valence-corrected chi connectivity index (χ1v) is 8.35.